The first-order valence-corrected chi connectivity index (χ1v) is 12.2. The summed E-state index contributed by atoms with van der Waals surface area (Å²) < 4.78 is 42.4. The van der Waals surface area contributed by atoms with Crippen molar-refractivity contribution < 1.29 is 22.7 Å². The van der Waals surface area contributed by atoms with E-state index in [0.29, 0.717) is 22.8 Å². The molecule has 0 bridgehead atoms. The Morgan fingerprint density at radius 3 is 2.33 bits per heavy atom. The van der Waals surface area contributed by atoms with Crippen molar-refractivity contribution in [2.24, 2.45) is 0 Å². The van der Waals surface area contributed by atoms with Crippen molar-refractivity contribution in [3.8, 4) is 22.8 Å². The molecule has 0 fully saturated rings. The maximum absolute atomic E-state index is 12.8. The number of benzene rings is 3. The van der Waals surface area contributed by atoms with Crippen LogP contribution in [-0.2, 0) is 0 Å². The van der Waals surface area contributed by atoms with Gasteiger partial charge >= 0.3 is 12.4 Å². The van der Waals surface area contributed by atoms with Crippen LogP contribution in [0.3, 0.4) is 0 Å². The summed E-state index contributed by atoms with van der Waals surface area (Å²) >= 11 is 5.34. The lowest BCUT2D eigenvalue weighted by Crippen LogP contribution is -2.42. The first-order chi connectivity index (χ1) is 18.5. The maximum atomic E-state index is 12.8. The van der Waals surface area contributed by atoms with Crippen LogP contribution in [-0.4, -0.2) is 39.3 Å². The van der Waals surface area contributed by atoms with Crippen molar-refractivity contribution in [1.82, 2.24) is 20.1 Å². The topological polar surface area (TPSA) is 84.3 Å². The number of halogens is 3. The van der Waals surface area contributed by atoms with Gasteiger partial charge < -0.3 is 10.1 Å². The quantitative estimate of drug-likeness (QED) is 0.265. The van der Waals surface area contributed by atoms with E-state index in [1.54, 1.807) is 31.3 Å². The van der Waals surface area contributed by atoms with Gasteiger partial charge in [0.05, 0.1) is 5.69 Å². The van der Waals surface area contributed by atoms with E-state index < -0.39 is 12.4 Å². The lowest BCUT2D eigenvalue weighted by Gasteiger charge is -2.20. The van der Waals surface area contributed by atoms with Crippen molar-refractivity contribution >= 4 is 34.7 Å². The molecular formula is C27H25F3N6O2S. The minimum Gasteiger partial charge on any atom is -0.406 e. The Morgan fingerprint density at radius 2 is 1.69 bits per heavy atom. The molecule has 0 unspecified atom stereocenters. The number of aromatic nitrogens is 3. The number of para-hydroxylation sites is 1. The Balaban J connectivity index is 1.38. The van der Waals surface area contributed by atoms with Crippen molar-refractivity contribution in [3.05, 3.63) is 84.7 Å². The Hall–Kier alpha value is -4.45. The molecule has 0 radical (unpaired) electrons. The Morgan fingerprint density at radius 1 is 1.03 bits per heavy atom. The second-order valence-electron chi connectivity index (χ2n) is 8.79. The third-order valence-electron chi connectivity index (χ3n) is 5.70. The predicted octanol–water partition coefficient (Wildman–Crippen LogP) is 6.50. The number of urea groups is 1. The van der Waals surface area contributed by atoms with Gasteiger partial charge in [0.25, 0.3) is 0 Å². The molecule has 0 aliphatic rings. The van der Waals surface area contributed by atoms with E-state index in [0.717, 1.165) is 11.3 Å². The fourth-order valence-electron chi connectivity index (χ4n) is 3.72. The van der Waals surface area contributed by atoms with Crippen LogP contribution < -0.4 is 20.3 Å². The van der Waals surface area contributed by atoms with Crippen LogP contribution in [0.15, 0.2) is 79.1 Å². The van der Waals surface area contributed by atoms with Crippen LogP contribution in [0.5, 0.6) is 5.75 Å². The van der Waals surface area contributed by atoms with E-state index in [4.69, 9.17) is 12.2 Å². The fraction of sp³-hybridized carbons (Fsp3) is 0.185. The van der Waals surface area contributed by atoms with Crippen LogP contribution in [0.2, 0.25) is 0 Å². The van der Waals surface area contributed by atoms with Crippen molar-refractivity contribution in [2.45, 2.75) is 26.1 Å². The summed E-state index contributed by atoms with van der Waals surface area (Å²) in [6.07, 6.45) is -3.31. The van der Waals surface area contributed by atoms with Gasteiger partial charge in [0, 0.05) is 24.0 Å². The minimum atomic E-state index is -4.76. The van der Waals surface area contributed by atoms with Gasteiger partial charge in [-0.15, -0.1) is 18.3 Å². The second kappa shape index (κ2) is 11.5. The summed E-state index contributed by atoms with van der Waals surface area (Å²) in [6.45, 7) is 4.15. The summed E-state index contributed by atoms with van der Waals surface area (Å²) in [4.78, 5) is 18.5. The zero-order valence-electron chi connectivity index (χ0n) is 21.2. The van der Waals surface area contributed by atoms with Crippen molar-refractivity contribution in [2.75, 3.05) is 17.3 Å². The van der Waals surface area contributed by atoms with Gasteiger partial charge in [0.2, 0.25) is 0 Å². The Kier molecular flexibility index (Phi) is 8.15. The zero-order chi connectivity index (χ0) is 28.2. The van der Waals surface area contributed by atoms with Crippen LogP contribution in [0.1, 0.15) is 25.3 Å². The van der Waals surface area contributed by atoms with Gasteiger partial charge in [-0.05, 0) is 78.3 Å². The minimum absolute atomic E-state index is 0.185. The SMILES string of the molecule is CC(C)c1ccccc1NC(=S)NC(=O)N(C)c1ccc(-c2ncn(-c3ccc(OC(F)(F)F)cc3)n2)cc1. The van der Waals surface area contributed by atoms with Gasteiger partial charge in [0.1, 0.15) is 12.1 Å². The molecule has 0 saturated carbocycles. The molecule has 0 atom stereocenters. The number of alkyl halides is 3. The highest BCUT2D eigenvalue weighted by molar-refractivity contribution is 7.80. The van der Waals surface area contributed by atoms with E-state index in [2.05, 4.69) is 39.3 Å². The molecule has 1 aromatic heterocycles. The first-order valence-electron chi connectivity index (χ1n) is 11.8. The van der Waals surface area contributed by atoms with Crippen molar-refractivity contribution in [1.29, 1.82) is 0 Å². The number of amides is 2. The predicted molar refractivity (Wildman–Crippen MR) is 147 cm³/mol. The number of nitrogens with zero attached hydrogens (tertiary/aromatic N) is 4. The lowest BCUT2D eigenvalue weighted by molar-refractivity contribution is -0.274. The molecule has 0 aliphatic carbocycles. The Labute approximate surface area is 228 Å². The largest absolute Gasteiger partial charge is 0.573 e. The van der Waals surface area contributed by atoms with Gasteiger partial charge in [-0.3, -0.25) is 10.2 Å². The summed E-state index contributed by atoms with van der Waals surface area (Å²) in [6, 6.07) is 19.6. The molecule has 4 rings (SSSR count). The summed E-state index contributed by atoms with van der Waals surface area (Å²) in [7, 11) is 1.62. The number of hydrogen-bond acceptors (Lipinski definition) is 5. The zero-order valence-corrected chi connectivity index (χ0v) is 22.0. The molecule has 3 aromatic carbocycles. The number of nitrogens with one attached hydrogen (secondary N) is 2. The highest BCUT2D eigenvalue weighted by Gasteiger charge is 2.31. The van der Waals surface area contributed by atoms with E-state index in [9.17, 15) is 18.0 Å². The number of ether oxygens (including phenoxy) is 1. The van der Waals surface area contributed by atoms with E-state index in [-0.39, 0.29) is 16.8 Å². The molecule has 1 heterocycles. The molecule has 4 aromatic rings. The molecule has 39 heavy (non-hydrogen) atoms. The first kappa shape index (κ1) is 27.6. The van der Waals surface area contributed by atoms with Crippen LogP contribution in [0.25, 0.3) is 17.1 Å². The van der Waals surface area contributed by atoms with Crippen LogP contribution >= 0.6 is 12.2 Å². The summed E-state index contributed by atoms with van der Waals surface area (Å²) in [5, 5.41) is 10.3. The molecule has 202 valence electrons. The maximum Gasteiger partial charge on any atom is 0.573 e. The molecule has 0 saturated heterocycles. The van der Waals surface area contributed by atoms with E-state index in [1.807, 2.05) is 24.3 Å². The number of anilines is 2. The van der Waals surface area contributed by atoms with E-state index in [1.165, 1.54) is 40.2 Å². The molecular weight excluding hydrogens is 529 g/mol. The van der Waals surface area contributed by atoms with E-state index >= 15 is 0 Å². The van der Waals surface area contributed by atoms with Gasteiger partial charge in [-0.25, -0.2) is 14.5 Å². The van der Waals surface area contributed by atoms with Crippen molar-refractivity contribution in [3.63, 3.8) is 0 Å². The normalized spacial score (nSPS) is 11.3. The molecule has 2 N–H and O–H groups in total. The number of carbonyl (C=O) groups excluding carboxylic acids is 1. The fourth-order valence-corrected chi connectivity index (χ4v) is 3.92. The average molecular weight is 555 g/mol. The number of carbonyl (C=O) groups is 1. The third kappa shape index (κ3) is 7.11. The average Bonchev–Trinajstić information content (AvgIpc) is 3.38. The summed E-state index contributed by atoms with van der Waals surface area (Å²) in [5.41, 5.74) is 3.73. The molecule has 12 heteroatoms. The van der Waals surface area contributed by atoms with Crippen LogP contribution in [0.4, 0.5) is 29.3 Å². The highest BCUT2D eigenvalue weighted by atomic mass is 32.1. The molecule has 0 aliphatic heterocycles. The van der Waals surface area contributed by atoms with Gasteiger partial charge in [0.15, 0.2) is 10.9 Å². The highest BCUT2D eigenvalue weighted by Crippen LogP contribution is 2.25. The van der Waals surface area contributed by atoms with Crippen LogP contribution in [0, 0.1) is 0 Å². The standard InChI is InChI=1S/C27H25F3N6O2S/c1-17(2)22-6-4-5-7-23(22)32-25(39)33-26(37)35(3)19-10-8-18(9-11-19)24-31-16-36(34-24)20-12-14-21(15-13-20)38-27(28,29)30/h4-17H,1-3H3,(H2,32,33,37,39). The summed E-state index contributed by atoms with van der Waals surface area (Å²) in [5.74, 6) is 0.360. The monoisotopic (exact) mass is 554 g/mol. The van der Waals surface area contributed by atoms with Gasteiger partial charge in [-0.2, -0.15) is 0 Å². The Bertz CT molecular complexity index is 1450. The lowest BCUT2D eigenvalue weighted by atomic mass is 10.0. The second-order valence-corrected chi connectivity index (χ2v) is 9.19. The molecule has 0 spiro atoms. The smallest absolute Gasteiger partial charge is 0.406 e. The number of thiocarbonyl (C=S) groups is 1. The molecule has 2 amide bonds. The third-order valence-corrected chi connectivity index (χ3v) is 5.90. The number of rotatable bonds is 6. The number of hydrogen-bond donors (Lipinski definition) is 2. The van der Waals surface area contributed by atoms with Gasteiger partial charge in [-0.1, -0.05) is 32.0 Å². The molecule has 8 nitrogen and oxygen atoms in total.